The molecule has 110 valence electrons. The molecule has 0 radical (unpaired) electrons. The zero-order chi connectivity index (χ0) is 14.5. The van der Waals surface area contributed by atoms with Gasteiger partial charge in [-0.05, 0) is 37.1 Å². The minimum Gasteiger partial charge on any atom is -0.492 e. The van der Waals surface area contributed by atoms with Crippen LogP contribution in [0.4, 0.5) is 5.69 Å². The lowest BCUT2D eigenvalue weighted by molar-refractivity contribution is 0.167. The van der Waals surface area contributed by atoms with Gasteiger partial charge in [-0.25, -0.2) is 0 Å². The van der Waals surface area contributed by atoms with Gasteiger partial charge in [0, 0.05) is 24.3 Å². The summed E-state index contributed by atoms with van der Waals surface area (Å²) in [6.07, 6.45) is 2.45. The molecule has 2 aromatic rings. The van der Waals surface area contributed by atoms with Gasteiger partial charge >= 0.3 is 0 Å². The predicted octanol–water partition coefficient (Wildman–Crippen LogP) is 3.31. The first-order chi connectivity index (χ1) is 10.3. The number of likely N-dealkylation sites (tertiary alicyclic amines) is 1. The van der Waals surface area contributed by atoms with E-state index in [4.69, 9.17) is 10.5 Å². The maximum absolute atomic E-state index is 5.92. The van der Waals surface area contributed by atoms with Crippen LogP contribution in [0.25, 0.3) is 0 Å². The number of hydrogen-bond donors (Lipinski definition) is 1. The summed E-state index contributed by atoms with van der Waals surface area (Å²) in [5, 5.41) is 0. The molecule has 2 N–H and O–H groups in total. The first kappa shape index (κ1) is 14.0. The van der Waals surface area contributed by atoms with Crippen LogP contribution in [0, 0.1) is 0 Å². The molecule has 1 atom stereocenters. The largest absolute Gasteiger partial charge is 0.492 e. The zero-order valence-electron chi connectivity index (χ0n) is 12.2. The Labute approximate surface area is 126 Å². The Kier molecular flexibility index (Phi) is 4.41. The van der Waals surface area contributed by atoms with Gasteiger partial charge in [-0.2, -0.15) is 0 Å². The van der Waals surface area contributed by atoms with E-state index < -0.39 is 0 Å². The number of anilines is 1. The van der Waals surface area contributed by atoms with Crippen LogP contribution in [0.5, 0.6) is 5.75 Å². The fraction of sp³-hybridized carbons (Fsp3) is 0.333. The van der Waals surface area contributed by atoms with E-state index >= 15 is 0 Å². The molecule has 0 amide bonds. The maximum Gasteiger partial charge on any atom is 0.121 e. The van der Waals surface area contributed by atoms with Crippen molar-refractivity contribution in [2.24, 2.45) is 0 Å². The number of nitrogen functional groups attached to an aromatic ring is 1. The van der Waals surface area contributed by atoms with E-state index in [-0.39, 0.29) is 0 Å². The Balaban J connectivity index is 1.57. The highest BCUT2D eigenvalue weighted by atomic mass is 16.5. The lowest BCUT2D eigenvalue weighted by Crippen LogP contribution is -2.33. The molecular formula is C18H22N2O. The van der Waals surface area contributed by atoms with Crippen molar-refractivity contribution in [3.63, 3.8) is 0 Å². The van der Waals surface area contributed by atoms with Gasteiger partial charge in [0.15, 0.2) is 0 Å². The summed E-state index contributed by atoms with van der Waals surface area (Å²) in [6, 6.07) is 18.8. The second kappa shape index (κ2) is 6.64. The molecule has 1 saturated heterocycles. The van der Waals surface area contributed by atoms with Crippen molar-refractivity contribution in [1.82, 2.24) is 4.90 Å². The van der Waals surface area contributed by atoms with Crippen molar-refractivity contribution in [2.75, 3.05) is 18.9 Å². The lowest BCUT2D eigenvalue weighted by atomic mass is 10.2. The molecule has 0 aliphatic carbocycles. The molecule has 0 unspecified atom stereocenters. The quantitative estimate of drug-likeness (QED) is 0.855. The third kappa shape index (κ3) is 3.76. The molecular weight excluding hydrogens is 260 g/mol. The fourth-order valence-corrected chi connectivity index (χ4v) is 2.91. The molecule has 0 saturated carbocycles. The summed E-state index contributed by atoms with van der Waals surface area (Å²) < 4.78 is 5.92. The van der Waals surface area contributed by atoms with Gasteiger partial charge in [0.2, 0.25) is 0 Å². The van der Waals surface area contributed by atoms with E-state index in [2.05, 4.69) is 35.2 Å². The molecule has 1 aliphatic rings. The van der Waals surface area contributed by atoms with Gasteiger partial charge in [-0.15, -0.1) is 0 Å². The van der Waals surface area contributed by atoms with Crippen molar-refractivity contribution < 1.29 is 4.74 Å². The molecule has 3 nitrogen and oxygen atoms in total. The highest BCUT2D eigenvalue weighted by Crippen LogP contribution is 2.22. The molecule has 1 aliphatic heterocycles. The van der Waals surface area contributed by atoms with Crippen molar-refractivity contribution in [3.05, 3.63) is 60.2 Å². The third-order valence-electron chi connectivity index (χ3n) is 4.03. The molecule has 1 heterocycles. The summed E-state index contributed by atoms with van der Waals surface area (Å²) in [7, 11) is 0. The second-order valence-electron chi connectivity index (χ2n) is 5.64. The van der Waals surface area contributed by atoms with Gasteiger partial charge in [0.1, 0.15) is 12.4 Å². The highest BCUT2D eigenvalue weighted by molar-refractivity contribution is 5.43. The van der Waals surface area contributed by atoms with Crippen molar-refractivity contribution in [1.29, 1.82) is 0 Å². The van der Waals surface area contributed by atoms with Crippen molar-refractivity contribution >= 4 is 5.69 Å². The van der Waals surface area contributed by atoms with E-state index in [0.29, 0.717) is 6.04 Å². The molecule has 0 spiro atoms. The number of benzene rings is 2. The summed E-state index contributed by atoms with van der Waals surface area (Å²) in [5.74, 6) is 0.863. The topological polar surface area (TPSA) is 38.5 Å². The molecule has 0 bridgehead atoms. The minimum absolute atomic E-state index is 0.492. The van der Waals surface area contributed by atoms with Crippen molar-refractivity contribution in [3.8, 4) is 5.75 Å². The minimum atomic E-state index is 0.492. The summed E-state index contributed by atoms with van der Waals surface area (Å²) in [5.41, 5.74) is 7.90. The molecule has 3 rings (SSSR count). The first-order valence-electron chi connectivity index (χ1n) is 7.57. The SMILES string of the molecule is Nc1cccc(OC[C@H]2CCCN2Cc2ccccc2)c1. The number of rotatable bonds is 5. The lowest BCUT2D eigenvalue weighted by Gasteiger charge is -2.24. The van der Waals surface area contributed by atoms with E-state index in [9.17, 15) is 0 Å². The number of nitrogens with zero attached hydrogens (tertiary/aromatic N) is 1. The smallest absolute Gasteiger partial charge is 0.121 e. The predicted molar refractivity (Wildman–Crippen MR) is 86.2 cm³/mol. The normalized spacial score (nSPS) is 18.8. The number of ether oxygens (including phenoxy) is 1. The number of hydrogen-bond acceptors (Lipinski definition) is 3. The van der Waals surface area contributed by atoms with E-state index in [1.54, 1.807) is 0 Å². The molecule has 21 heavy (non-hydrogen) atoms. The Bertz CT molecular complexity index is 570. The average molecular weight is 282 g/mol. The summed E-state index contributed by atoms with van der Waals surface area (Å²) in [6.45, 7) is 2.89. The van der Waals surface area contributed by atoms with Crippen LogP contribution in [0.3, 0.4) is 0 Å². The average Bonchev–Trinajstić information content (AvgIpc) is 2.93. The Hall–Kier alpha value is -2.00. The van der Waals surface area contributed by atoms with Crippen molar-refractivity contribution in [2.45, 2.75) is 25.4 Å². The molecule has 1 fully saturated rings. The van der Waals surface area contributed by atoms with Gasteiger partial charge in [-0.1, -0.05) is 36.4 Å². The fourth-order valence-electron chi connectivity index (χ4n) is 2.91. The highest BCUT2D eigenvalue weighted by Gasteiger charge is 2.24. The Morgan fingerprint density at radius 1 is 1.10 bits per heavy atom. The van der Waals surface area contributed by atoms with Gasteiger partial charge < -0.3 is 10.5 Å². The molecule has 0 aromatic heterocycles. The number of nitrogens with two attached hydrogens (primary N) is 1. The van der Waals surface area contributed by atoms with Crippen LogP contribution in [0.2, 0.25) is 0 Å². The summed E-state index contributed by atoms with van der Waals surface area (Å²) >= 11 is 0. The van der Waals surface area contributed by atoms with Crippen LogP contribution in [0.15, 0.2) is 54.6 Å². The molecule has 2 aromatic carbocycles. The van der Waals surface area contributed by atoms with Gasteiger partial charge in [0.05, 0.1) is 0 Å². The first-order valence-corrected chi connectivity index (χ1v) is 7.57. The zero-order valence-corrected chi connectivity index (χ0v) is 12.2. The van der Waals surface area contributed by atoms with E-state index in [0.717, 1.165) is 31.1 Å². The Morgan fingerprint density at radius 3 is 2.76 bits per heavy atom. The van der Waals surface area contributed by atoms with Crippen LogP contribution in [-0.4, -0.2) is 24.1 Å². The standard InChI is InChI=1S/C18H22N2O/c19-16-8-4-10-18(12-16)21-14-17-9-5-11-20(17)13-15-6-2-1-3-7-15/h1-4,6-8,10,12,17H,5,9,11,13-14,19H2/t17-/m1/s1. The summed E-state index contributed by atoms with van der Waals surface area (Å²) in [4.78, 5) is 2.52. The maximum atomic E-state index is 5.92. The van der Waals surface area contributed by atoms with E-state index in [1.807, 2.05) is 24.3 Å². The van der Waals surface area contributed by atoms with Gasteiger partial charge in [-0.3, -0.25) is 4.90 Å². The molecule has 3 heteroatoms. The van der Waals surface area contributed by atoms with Crippen LogP contribution in [-0.2, 0) is 6.54 Å². The van der Waals surface area contributed by atoms with Crippen LogP contribution >= 0.6 is 0 Å². The van der Waals surface area contributed by atoms with Crippen LogP contribution < -0.4 is 10.5 Å². The monoisotopic (exact) mass is 282 g/mol. The van der Waals surface area contributed by atoms with Gasteiger partial charge in [0.25, 0.3) is 0 Å². The van der Waals surface area contributed by atoms with Crippen LogP contribution in [0.1, 0.15) is 18.4 Å². The second-order valence-corrected chi connectivity index (χ2v) is 5.64. The Morgan fingerprint density at radius 2 is 1.95 bits per heavy atom. The third-order valence-corrected chi connectivity index (χ3v) is 4.03. The van der Waals surface area contributed by atoms with E-state index in [1.165, 1.54) is 18.4 Å².